The van der Waals surface area contributed by atoms with E-state index in [0.29, 0.717) is 5.69 Å². The number of carbonyl (C=O) groups excluding carboxylic acids is 2. The first-order chi connectivity index (χ1) is 10.1. The second kappa shape index (κ2) is 6.95. The van der Waals surface area contributed by atoms with Gasteiger partial charge in [0, 0.05) is 5.69 Å². The predicted octanol–water partition coefficient (Wildman–Crippen LogP) is 4.08. The summed E-state index contributed by atoms with van der Waals surface area (Å²) in [6.07, 6.45) is 0. The van der Waals surface area contributed by atoms with Gasteiger partial charge in [-0.3, -0.25) is 9.69 Å². The summed E-state index contributed by atoms with van der Waals surface area (Å²) >= 11 is 3.77. The van der Waals surface area contributed by atoms with Crippen LogP contribution in [-0.4, -0.2) is 16.2 Å². The average Bonchev–Trinajstić information content (AvgIpc) is 2.48. The van der Waals surface area contributed by atoms with Crippen molar-refractivity contribution in [3.8, 4) is 0 Å². The first kappa shape index (κ1) is 15.1. The summed E-state index contributed by atoms with van der Waals surface area (Å²) in [6.45, 7) is 2.14. The van der Waals surface area contributed by atoms with Gasteiger partial charge in [0.25, 0.3) is 5.24 Å². The van der Waals surface area contributed by atoms with Crippen molar-refractivity contribution in [2.75, 3.05) is 5.32 Å². The number of amides is 3. The fourth-order valence-corrected chi connectivity index (χ4v) is 1.98. The quantitative estimate of drug-likeness (QED) is 0.839. The highest BCUT2D eigenvalue weighted by atomic mass is 32.1. The molecule has 0 fully saturated rings. The van der Waals surface area contributed by atoms with Gasteiger partial charge in [0.15, 0.2) is 0 Å². The Bertz CT molecular complexity index is 626. The summed E-state index contributed by atoms with van der Waals surface area (Å²) < 4.78 is 0. The van der Waals surface area contributed by atoms with Crippen molar-refractivity contribution in [3.63, 3.8) is 0 Å². The number of nitrogens with zero attached hydrogens (tertiary/aromatic N) is 1. The number of rotatable bonds is 3. The summed E-state index contributed by atoms with van der Waals surface area (Å²) in [4.78, 5) is 24.8. The van der Waals surface area contributed by atoms with Crippen molar-refractivity contribution in [3.05, 3.63) is 65.7 Å². The van der Waals surface area contributed by atoms with E-state index in [1.165, 1.54) is 0 Å². The van der Waals surface area contributed by atoms with E-state index >= 15 is 0 Å². The molecule has 5 heteroatoms. The molecule has 2 rings (SSSR count). The Balaban J connectivity index is 2.09. The fourth-order valence-electron chi connectivity index (χ4n) is 1.82. The van der Waals surface area contributed by atoms with E-state index in [1.807, 2.05) is 49.4 Å². The lowest BCUT2D eigenvalue weighted by Gasteiger charge is -2.19. The second-order valence-electron chi connectivity index (χ2n) is 4.65. The molecule has 0 radical (unpaired) electrons. The standard InChI is InChI=1S/C16H16N2O2S/c1-12-7-9-14(10-8-12)17-15(19)18(16(20)21)11-13-5-3-2-4-6-13/h2-10H,11H2,1H3,(H,17,19)(H,20,21). The molecule has 0 unspecified atom stereocenters. The molecule has 0 aliphatic heterocycles. The molecule has 0 bridgehead atoms. The number of anilines is 1. The topological polar surface area (TPSA) is 49.4 Å². The van der Waals surface area contributed by atoms with Crippen LogP contribution in [0.5, 0.6) is 0 Å². The van der Waals surface area contributed by atoms with Crippen molar-refractivity contribution in [2.45, 2.75) is 13.5 Å². The number of hydrogen-bond acceptors (Lipinski definition) is 2. The van der Waals surface area contributed by atoms with Gasteiger partial charge in [-0.05, 0) is 24.6 Å². The number of carbonyl (C=O) groups is 2. The number of thiol groups is 1. The number of benzene rings is 2. The predicted molar refractivity (Wildman–Crippen MR) is 86.6 cm³/mol. The zero-order valence-corrected chi connectivity index (χ0v) is 12.5. The van der Waals surface area contributed by atoms with Gasteiger partial charge in [-0.25, -0.2) is 4.79 Å². The van der Waals surface area contributed by atoms with Gasteiger partial charge >= 0.3 is 6.03 Å². The van der Waals surface area contributed by atoms with Gasteiger partial charge in [-0.2, -0.15) is 0 Å². The summed E-state index contributed by atoms with van der Waals surface area (Å²) in [5.41, 5.74) is 2.59. The molecule has 0 saturated heterocycles. The Hall–Kier alpha value is -2.27. The minimum absolute atomic E-state index is 0.181. The number of hydrogen-bond donors (Lipinski definition) is 2. The zero-order chi connectivity index (χ0) is 15.2. The summed E-state index contributed by atoms with van der Waals surface area (Å²) in [7, 11) is 0. The molecule has 3 amide bonds. The van der Waals surface area contributed by atoms with Crippen molar-refractivity contribution >= 4 is 29.6 Å². The first-order valence-electron chi connectivity index (χ1n) is 6.48. The van der Waals surface area contributed by atoms with E-state index in [0.717, 1.165) is 16.0 Å². The molecule has 0 spiro atoms. The van der Waals surface area contributed by atoms with E-state index in [4.69, 9.17) is 0 Å². The van der Waals surface area contributed by atoms with Crippen LogP contribution in [0.1, 0.15) is 11.1 Å². The summed E-state index contributed by atoms with van der Waals surface area (Å²) in [5.74, 6) is 0. The lowest BCUT2D eigenvalue weighted by atomic mass is 10.2. The minimum Gasteiger partial charge on any atom is -0.307 e. The van der Waals surface area contributed by atoms with E-state index in [1.54, 1.807) is 12.1 Å². The van der Waals surface area contributed by atoms with Gasteiger partial charge in [0.05, 0.1) is 6.54 Å². The lowest BCUT2D eigenvalue weighted by Crippen LogP contribution is -2.36. The maximum absolute atomic E-state index is 12.2. The van der Waals surface area contributed by atoms with Gasteiger partial charge in [-0.15, -0.1) is 0 Å². The molecule has 0 saturated carbocycles. The first-order valence-corrected chi connectivity index (χ1v) is 6.93. The number of urea groups is 1. The monoisotopic (exact) mass is 300 g/mol. The smallest absolute Gasteiger partial charge is 0.307 e. The van der Waals surface area contributed by atoms with Crippen molar-refractivity contribution in [2.24, 2.45) is 0 Å². The molecule has 21 heavy (non-hydrogen) atoms. The molecule has 0 aliphatic carbocycles. The molecular weight excluding hydrogens is 284 g/mol. The molecule has 1 N–H and O–H groups in total. The Morgan fingerprint density at radius 2 is 1.67 bits per heavy atom. The SMILES string of the molecule is Cc1ccc(NC(=O)N(Cc2ccccc2)C(=O)S)cc1. The highest BCUT2D eigenvalue weighted by molar-refractivity contribution is 7.96. The van der Waals surface area contributed by atoms with E-state index in [9.17, 15) is 9.59 Å². The molecule has 4 nitrogen and oxygen atoms in total. The third kappa shape index (κ3) is 4.36. The highest BCUT2D eigenvalue weighted by Crippen LogP contribution is 2.12. The summed E-state index contributed by atoms with van der Waals surface area (Å²) in [6, 6.07) is 16.1. The molecule has 0 heterocycles. The van der Waals surface area contributed by atoms with E-state index in [2.05, 4.69) is 17.9 Å². The number of aryl methyl sites for hydroxylation is 1. The third-order valence-corrected chi connectivity index (χ3v) is 3.20. The Morgan fingerprint density at radius 1 is 1.05 bits per heavy atom. The van der Waals surface area contributed by atoms with Crippen LogP contribution >= 0.6 is 12.6 Å². The van der Waals surface area contributed by atoms with Crippen LogP contribution in [-0.2, 0) is 6.54 Å². The third-order valence-electron chi connectivity index (χ3n) is 2.96. The maximum atomic E-state index is 12.2. The van der Waals surface area contributed by atoms with Crippen LogP contribution in [0.3, 0.4) is 0 Å². The van der Waals surface area contributed by atoms with Crippen LogP contribution in [0, 0.1) is 6.92 Å². The molecule has 0 aromatic heterocycles. The molecule has 2 aromatic rings. The average molecular weight is 300 g/mol. The fraction of sp³-hybridized carbons (Fsp3) is 0.125. The van der Waals surface area contributed by atoms with Gasteiger partial charge < -0.3 is 5.32 Å². The second-order valence-corrected chi connectivity index (χ2v) is 5.03. The molecule has 0 aliphatic rings. The van der Waals surface area contributed by atoms with E-state index in [-0.39, 0.29) is 6.54 Å². The van der Waals surface area contributed by atoms with Crippen LogP contribution in [0.2, 0.25) is 0 Å². The van der Waals surface area contributed by atoms with Crippen LogP contribution in [0.15, 0.2) is 54.6 Å². The Labute approximate surface area is 129 Å². The van der Waals surface area contributed by atoms with Crippen molar-refractivity contribution < 1.29 is 9.59 Å². The van der Waals surface area contributed by atoms with Crippen LogP contribution in [0.4, 0.5) is 15.3 Å². The van der Waals surface area contributed by atoms with Crippen LogP contribution < -0.4 is 5.32 Å². The normalized spacial score (nSPS) is 10.0. The lowest BCUT2D eigenvalue weighted by molar-refractivity contribution is 0.207. The molecule has 108 valence electrons. The van der Waals surface area contributed by atoms with E-state index < -0.39 is 11.3 Å². The highest BCUT2D eigenvalue weighted by Gasteiger charge is 2.19. The van der Waals surface area contributed by atoms with Crippen molar-refractivity contribution in [1.82, 2.24) is 4.90 Å². The minimum atomic E-state index is -0.594. The number of nitrogens with one attached hydrogen (secondary N) is 1. The maximum Gasteiger partial charge on any atom is 0.329 e. The van der Waals surface area contributed by atoms with Crippen LogP contribution in [0.25, 0.3) is 0 Å². The largest absolute Gasteiger partial charge is 0.329 e. The summed E-state index contributed by atoms with van der Waals surface area (Å²) in [5, 5.41) is 2.09. The molecular formula is C16H16N2O2S. The molecule has 0 atom stereocenters. The zero-order valence-electron chi connectivity index (χ0n) is 11.6. The van der Waals surface area contributed by atoms with Crippen molar-refractivity contribution in [1.29, 1.82) is 0 Å². The van der Waals surface area contributed by atoms with Gasteiger partial charge in [0.2, 0.25) is 0 Å². The number of imide groups is 1. The van der Waals surface area contributed by atoms with Gasteiger partial charge in [0.1, 0.15) is 0 Å². The van der Waals surface area contributed by atoms with Gasteiger partial charge in [-0.1, -0.05) is 60.7 Å². The Morgan fingerprint density at radius 3 is 2.24 bits per heavy atom. The molecule has 2 aromatic carbocycles. The Kier molecular flexibility index (Phi) is 5.00.